The van der Waals surface area contributed by atoms with Crippen LogP contribution in [-0.2, 0) is 0 Å². The first-order valence-corrected chi connectivity index (χ1v) is 4.54. The van der Waals surface area contributed by atoms with Crippen LogP contribution in [0.2, 0.25) is 0 Å². The van der Waals surface area contributed by atoms with Crippen molar-refractivity contribution in [2.24, 2.45) is 0 Å². The summed E-state index contributed by atoms with van der Waals surface area (Å²) in [5.74, 6) is 0. The van der Waals surface area contributed by atoms with Gasteiger partial charge in [0.05, 0.1) is 0 Å². The van der Waals surface area contributed by atoms with Crippen LogP contribution in [0.5, 0.6) is 0 Å². The highest BCUT2D eigenvalue weighted by atomic mass is 32.2. The first-order valence-electron chi connectivity index (χ1n) is 5.22. The summed E-state index contributed by atoms with van der Waals surface area (Å²) in [4.78, 5) is 0.786. The lowest BCUT2D eigenvalue weighted by Crippen LogP contribution is -1.72. The maximum Gasteiger partial charge on any atom is 0.0348 e. The van der Waals surface area contributed by atoms with E-state index in [-0.39, 0.29) is 0 Å². The van der Waals surface area contributed by atoms with Gasteiger partial charge in [0.25, 0.3) is 0 Å². The Hall–Kier alpha value is -0.950. The van der Waals surface area contributed by atoms with E-state index in [1.807, 2.05) is 42.5 Å². The minimum atomic E-state index is -1.97. The second-order valence-corrected chi connectivity index (χ2v) is 3.29. The van der Waals surface area contributed by atoms with Gasteiger partial charge in [0.15, 0.2) is 0 Å². The summed E-state index contributed by atoms with van der Waals surface area (Å²) < 4.78 is 21.5. The van der Waals surface area contributed by atoms with Crippen LogP contribution < -0.4 is 0 Å². The number of thioether (sulfide) groups is 1. The van der Waals surface area contributed by atoms with Gasteiger partial charge in [0.1, 0.15) is 0 Å². The zero-order valence-corrected chi connectivity index (χ0v) is 7.27. The summed E-state index contributed by atoms with van der Waals surface area (Å²) in [7, 11) is 0. The standard InChI is InChI=1S/C11H10S/c1-12-11-7-6-9-4-2-3-5-10(9)8-11/h2-8H,1H3/i1D3. The summed E-state index contributed by atoms with van der Waals surface area (Å²) in [5, 5.41) is 2.21. The molecule has 2 rings (SSSR count). The fourth-order valence-corrected chi connectivity index (χ4v) is 1.55. The molecule has 2 aromatic rings. The Balaban J connectivity index is 2.39. The third kappa shape index (κ3) is 1.32. The van der Waals surface area contributed by atoms with Crippen LogP contribution in [0.1, 0.15) is 4.11 Å². The van der Waals surface area contributed by atoms with E-state index in [4.69, 9.17) is 4.11 Å². The summed E-state index contributed by atoms with van der Waals surface area (Å²) in [6.07, 6.45) is -1.97. The Labute approximate surface area is 80.8 Å². The molecule has 0 atom stereocenters. The van der Waals surface area contributed by atoms with Crippen LogP contribution in [0.4, 0.5) is 0 Å². The molecule has 2 aromatic carbocycles. The van der Waals surface area contributed by atoms with Crippen LogP contribution in [0.25, 0.3) is 10.8 Å². The molecule has 0 spiro atoms. The van der Waals surface area contributed by atoms with E-state index in [2.05, 4.69) is 0 Å². The fourth-order valence-electron chi connectivity index (χ4n) is 1.23. The molecule has 12 heavy (non-hydrogen) atoms. The molecule has 0 aromatic heterocycles. The number of hydrogen-bond donors (Lipinski definition) is 0. The third-order valence-electron chi connectivity index (χ3n) is 1.84. The Morgan fingerprint density at radius 1 is 1.08 bits per heavy atom. The maximum absolute atomic E-state index is 7.17. The van der Waals surface area contributed by atoms with Gasteiger partial charge < -0.3 is 0 Å². The van der Waals surface area contributed by atoms with Crippen molar-refractivity contribution in [1.29, 1.82) is 0 Å². The van der Waals surface area contributed by atoms with Gasteiger partial charge >= 0.3 is 0 Å². The van der Waals surface area contributed by atoms with E-state index in [0.29, 0.717) is 0 Å². The molecule has 0 aliphatic carbocycles. The van der Waals surface area contributed by atoms with Crippen LogP contribution in [0.3, 0.4) is 0 Å². The summed E-state index contributed by atoms with van der Waals surface area (Å²) in [6.45, 7) is 0. The molecule has 0 amide bonds. The van der Waals surface area contributed by atoms with Crippen molar-refractivity contribution in [3.63, 3.8) is 0 Å². The second kappa shape index (κ2) is 3.20. The molecular weight excluding hydrogens is 164 g/mol. The van der Waals surface area contributed by atoms with Gasteiger partial charge in [-0.25, -0.2) is 0 Å². The van der Waals surface area contributed by atoms with Crippen molar-refractivity contribution >= 4 is 22.5 Å². The molecule has 1 heteroatoms. The van der Waals surface area contributed by atoms with Crippen molar-refractivity contribution < 1.29 is 4.11 Å². The van der Waals surface area contributed by atoms with Crippen LogP contribution in [0.15, 0.2) is 47.4 Å². The molecule has 0 aliphatic heterocycles. The maximum atomic E-state index is 7.17. The molecule has 0 fully saturated rings. The lowest BCUT2D eigenvalue weighted by Gasteiger charge is -1.99. The van der Waals surface area contributed by atoms with Crippen molar-refractivity contribution in [3.8, 4) is 0 Å². The smallest absolute Gasteiger partial charge is 0.0348 e. The molecule has 60 valence electrons. The third-order valence-corrected chi connectivity index (χ3v) is 2.33. The first-order chi connectivity index (χ1) is 7.04. The quantitative estimate of drug-likeness (QED) is 0.600. The Bertz CT molecular complexity index is 476. The van der Waals surface area contributed by atoms with Gasteiger partial charge in [0, 0.05) is 9.01 Å². The summed E-state index contributed by atoms with van der Waals surface area (Å²) >= 11 is 0.916. The Morgan fingerprint density at radius 2 is 1.92 bits per heavy atom. The lowest BCUT2D eigenvalue weighted by molar-refractivity contribution is 1.51. The average molecular weight is 177 g/mol. The van der Waals surface area contributed by atoms with Crippen molar-refractivity contribution in [3.05, 3.63) is 42.5 Å². The second-order valence-electron chi connectivity index (χ2n) is 2.61. The highest BCUT2D eigenvalue weighted by molar-refractivity contribution is 7.98. The average Bonchev–Trinajstić information content (AvgIpc) is 2.15. The van der Waals surface area contributed by atoms with Crippen LogP contribution in [-0.4, -0.2) is 6.18 Å². The van der Waals surface area contributed by atoms with E-state index in [0.717, 1.165) is 27.4 Å². The van der Waals surface area contributed by atoms with E-state index < -0.39 is 6.18 Å². The van der Waals surface area contributed by atoms with E-state index in [9.17, 15) is 0 Å². The van der Waals surface area contributed by atoms with Crippen molar-refractivity contribution in [2.75, 3.05) is 6.18 Å². The molecular formula is C11H10S. The van der Waals surface area contributed by atoms with Gasteiger partial charge in [-0.3, -0.25) is 0 Å². The highest BCUT2D eigenvalue weighted by Crippen LogP contribution is 2.21. The predicted octanol–water partition coefficient (Wildman–Crippen LogP) is 3.56. The SMILES string of the molecule is [2H]C([2H])([2H])Sc1ccc2ccccc2c1. The molecule has 0 radical (unpaired) electrons. The van der Waals surface area contributed by atoms with Gasteiger partial charge in [-0.1, -0.05) is 30.3 Å². The zero-order valence-electron chi connectivity index (χ0n) is 9.45. The molecule has 0 aliphatic rings. The van der Waals surface area contributed by atoms with Crippen molar-refractivity contribution in [2.45, 2.75) is 4.90 Å². The zero-order chi connectivity index (χ0) is 10.9. The Morgan fingerprint density at radius 3 is 2.75 bits per heavy atom. The normalized spacial score (nSPS) is 15.2. The lowest BCUT2D eigenvalue weighted by atomic mass is 10.1. The molecule has 0 heterocycles. The highest BCUT2D eigenvalue weighted by Gasteiger charge is 1.92. The van der Waals surface area contributed by atoms with Gasteiger partial charge in [-0.15, -0.1) is 11.8 Å². The molecule has 0 bridgehead atoms. The van der Waals surface area contributed by atoms with Gasteiger partial charge in [-0.2, -0.15) is 0 Å². The van der Waals surface area contributed by atoms with Crippen LogP contribution in [0, 0.1) is 0 Å². The Kier molecular flexibility index (Phi) is 1.31. The topological polar surface area (TPSA) is 0 Å². The molecule has 0 saturated heterocycles. The van der Waals surface area contributed by atoms with Gasteiger partial charge in [-0.05, 0) is 29.1 Å². The molecule has 0 saturated carbocycles. The number of rotatable bonds is 1. The fraction of sp³-hybridized carbons (Fsp3) is 0.0909. The first kappa shape index (κ1) is 4.93. The van der Waals surface area contributed by atoms with Gasteiger partial charge in [0.2, 0.25) is 0 Å². The summed E-state index contributed by atoms with van der Waals surface area (Å²) in [5.41, 5.74) is 0. The van der Waals surface area contributed by atoms with Crippen molar-refractivity contribution in [1.82, 2.24) is 0 Å². The predicted molar refractivity (Wildman–Crippen MR) is 55.7 cm³/mol. The number of hydrogen-bond acceptors (Lipinski definition) is 1. The molecule has 0 N–H and O–H groups in total. The molecule has 0 nitrogen and oxygen atoms in total. The minimum Gasteiger partial charge on any atom is -0.130 e. The largest absolute Gasteiger partial charge is 0.130 e. The molecule has 0 unspecified atom stereocenters. The minimum absolute atomic E-state index is 0.786. The van der Waals surface area contributed by atoms with Crippen LogP contribution >= 0.6 is 11.8 Å². The monoisotopic (exact) mass is 177 g/mol. The number of fused-ring (bicyclic) bond motifs is 1. The summed E-state index contributed by atoms with van der Waals surface area (Å²) in [6, 6.07) is 13.6. The van der Waals surface area contributed by atoms with E-state index in [1.54, 1.807) is 0 Å². The van der Waals surface area contributed by atoms with E-state index in [1.165, 1.54) is 0 Å². The number of benzene rings is 2. The van der Waals surface area contributed by atoms with E-state index >= 15 is 0 Å².